The van der Waals surface area contributed by atoms with Crippen LogP contribution in [-0.2, 0) is 11.3 Å². The Bertz CT molecular complexity index is 1180. The van der Waals surface area contributed by atoms with Crippen molar-refractivity contribution < 1.29 is 18.0 Å². The van der Waals surface area contributed by atoms with Crippen LogP contribution in [0.15, 0.2) is 56.5 Å². The average molecular weight is 493 g/mol. The van der Waals surface area contributed by atoms with E-state index in [1.54, 1.807) is 0 Å². The van der Waals surface area contributed by atoms with Gasteiger partial charge in [0.1, 0.15) is 11.4 Å². The number of rotatable bonds is 6. The highest BCUT2D eigenvalue weighted by Crippen LogP contribution is 2.30. The molecule has 0 saturated heterocycles. The Hall–Kier alpha value is -2.72. The second-order valence-electron chi connectivity index (χ2n) is 6.28. The molecular weight excluding hydrogens is 478 g/mol. The molecule has 30 heavy (non-hydrogen) atoms. The van der Waals surface area contributed by atoms with E-state index in [4.69, 9.17) is 4.42 Å². The fraction of sp³-hybridized carbons (Fsp3) is 0.150. The molecule has 2 aromatic carbocycles. The van der Waals surface area contributed by atoms with Gasteiger partial charge in [0.25, 0.3) is 0 Å². The van der Waals surface area contributed by atoms with Gasteiger partial charge in [-0.15, -0.1) is 10.2 Å². The van der Waals surface area contributed by atoms with Gasteiger partial charge >= 0.3 is 0 Å². The summed E-state index contributed by atoms with van der Waals surface area (Å²) in [6.07, 6.45) is 0. The summed E-state index contributed by atoms with van der Waals surface area (Å²) in [5.41, 5.74) is 0.639. The van der Waals surface area contributed by atoms with E-state index in [2.05, 4.69) is 31.4 Å². The van der Waals surface area contributed by atoms with Gasteiger partial charge in [-0.1, -0.05) is 30.0 Å². The number of aromatic nitrogens is 3. The number of carbonyl (C=O) groups excluding carboxylic acids is 1. The highest BCUT2D eigenvalue weighted by molar-refractivity contribution is 9.10. The zero-order chi connectivity index (χ0) is 21.3. The normalized spacial score (nSPS) is 11.2. The van der Waals surface area contributed by atoms with Crippen molar-refractivity contribution in [2.75, 3.05) is 11.1 Å². The van der Waals surface area contributed by atoms with E-state index in [1.165, 1.54) is 0 Å². The summed E-state index contributed by atoms with van der Waals surface area (Å²) in [5.74, 6) is -0.933. The van der Waals surface area contributed by atoms with E-state index >= 15 is 0 Å². The number of furan rings is 1. The van der Waals surface area contributed by atoms with Crippen molar-refractivity contribution in [3.63, 3.8) is 0 Å². The maximum Gasteiger partial charge on any atom is 0.234 e. The van der Waals surface area contributed by atoms with E-state index in [-0.39, 0.29) is 15.9 Å². The number of hydrogen-bond acceptors (Lipinski definition) is 5. The van der Waals surface area contributed by atoms with Crippen LogP contribution in [0, 0.1) is 11.6 Å². The van der Waals surface area contributed by atoms with Crippen molar-refractivity contribution in [1.29, 1.82) is 0 Å². The number of hydrogen-bond donors (Lipinski definition) is 1. The van der Waals surface area contributed by atoms with Gasteiger partial charge in [-0.2, -0.15) is 0 Å². The third kappa shape index (κ3) is 4.10. The van der Waals surface area contributed by atoms with Crippen LogP contribution in [0.5, 0.6) is 0 Å². The summed E-state index contributed by atoms with van der Waals surface area (Å²) in [5, 5.41) is 12.3. The summed E-state index contributed by atoms with van der Waals surface area (Å²) in [6, 6.07) is 11.3. The summed E-state index contributed by atoms with van der Waals surface area (Å²) < 4.78 is 34.9. The minimum Gasteiger partial charge on any atom is -0.453 e. The fourth-order valence-electron chi connectivity index (χ4n) is 2.92. The largest absolute Gasteiger partial charge is 0.453 e. The number of nitrogens with one attached hydrogen (secondary N) is 1. The second-order valence-corrected chi connectivity index (χ2v) is 8.08. The van der Waals surface area contributed by atoms with Crippen LogP contribution < -0.4 is 5.32 Å². The number of nitrogens with zero attached hydrogens (tertiary/aromatic N) is 3. The maximum absolute atomic E-state index is 13.9. The molecule has 0 saturated carbocycles. The first kappa shape index (κ1) is 20.5. The van der Waals surface area contributed by atoms with Gasteiger partial charge in [0.05, 0.1) is 11.4 Å². The summed E-state index contributed by atoms with van der Waals surface area (Å²) in [7, 11) is 0. The molecule has 0 bridgehead atoms. The van der Waals surface area contributed by atoms with Gasteiger partial charge in [-0.25, -0.2) is 8.78 Å². The number of anilines is 1. The van der Waals surface area contributed by atoms with Crippen molar-refractivity contribution in [2.45, 2.75) is 18.6 Å². The van der Waals surface area contributed by atoms with Gasteiger partial charge < -0.3 is 9.73 Å². The molecule has 10 heteroatoms. The van der Waals surface area contributed by atoms with Gasteiger partial charge in [0.2, 0.25) is 11.7 Å². The smallest absolute Gasteiger partial charge is 0.234 e. The standard InChI is InChI=1S/C20H15BrF2N4O2S/c1-2-27-19(16-7-11-5-3-4-6-15(11)29-16)25-26-20(27)30-10-17(28)24-18-13(21)8-12(22)9-14(18)23/h3-9H,2,10H2,1H3,(H,24,28). The Kier molecular flexibility index (Phi) is 5.87. The SMILES string of the molecule is CCn1c(SCC(=O)Nc2c(F)cc(F)cc2Br)nnc1-c1cc2ccccc2o1. The predicted molar refractivity (Wildman–Crippen MR) is 114 cm³/mol. The van der Waals surface area contributed by atoms with E-state index in [1.807, 2.05) is 41.8 Å². The lowest BCUT2D eigenvalue weighted by atomic mass is 10.2. The van der Waals surface area contributed by atoms with Crippen molar-refractivity contribution in [2.24, 2.45) is 0 Å². The molecular formula is C20H15BrF2N4O2S. The third-order valence-corrected chi connectivity index (χ3v) is 5.87. The lowest BCUT2D eigenvalue weighted by molar-refractivity contribution is -0.113. The molecule has 0 spiro atoms. The van der Waals surface area contributed by atoms with Gasteiger partial charge in [-0.05, 0) is 41.1 Å². The molecule has 0 fully saturated rings. The fourth-order valence-corrected chi connectivity index (χ4v) is 4.23. The van der Waals surface area contributed by atoms with Crippen LogP contribution in [0.25, 0.3) is 22.6 Å². The lowest BCUT2D eigenvalue weighted by Crippen LogP contribution is -2.16. The Morgan fingerprint density at radius 2 is 2.03 bits per heavy atom. The van der Waals surface area contributed by atoms with Crippen LogP contribution in [-0.4, -0.2) is 26.4 Å². The molecule has 154 valence electrons. The number of fused-ring (bicyclic) bond motifs is 1. The lowest BCUT2D eigenvalue weighted by Gasteiger charge is -2.09. The van der Waals surface area contributed by atoms with Gasteiger partial charge in [-0.3, -0.25) is 9.36 Å². The van der Waals surface area contributed by atoms with Crippen molar-refractivity contribution >= 4 is 50.3 Å². The highest BCUT2D eigenvalue weighted by atomic mass is 79.9. The molecule has 1 amide bonds. The summed E-state index contributed by atoms with van der Waals surface area (Å²) in [6.45, 7) is 2.51. The van der Waals surface area contributed by atoms with Crippen molar-refractivity contribution in [3.05, 3.63) is 58.6 Å². The number of benzene rings is 2. The first-order chi connectivity index (χ1) is 14.5. The molecule has 0 unspecified atom stereocenters. The number of thioether (sulfide) groups is 1. The van der Waals surface area contributed by atoms with E-state index in [0.29, 0.717) is 29.4 Å². The Morgan fingerprint density at radius 1 is 1.23 bits per heavy atom. The molecule has 2 heterocycles. The second kappa shape index (κ2) is 8.57. The number of halogens is 3. The molecule has 0 aliphatic carbocycles. The molecule has 0 aliphatic heterocycles. The van der Waals surface area contributed by atoms with Crippen LogP contribution >= 0.6 is 27.7 Å². The van der Waals surface area contributed by atoms with Gasteiger partial charge in [0, 0.05) is 22.5 Å². The minimum absolute atomic E-state index is 0.0263. The zero-order valence-corrected chi connectivity index (χ0v) is 18.1. The molecule has 0 radical (unpaired) electrons. The Morgan fingerprint density at radius 3 is 2.77 bits per heavy atom. The third-order valence-electron chi connectivity index (χ3n) is 4.28. The average Bonchev–Trinajstić information content (AvgIpc) is 3.32. The summed E-state index contributed by atoms with van der Waals surface area (Å²) >= 11 is 4.21. The van der Waals surface area contributed by atoms with Crippen LogP contribution in [0.3, 0.4) is 0 Å². The Balaban J connectivity index is 1.50. The van der Waals surface area contributed by atoms with E-state index in [9.17, 15) is 13.6 Å². The van der Waals surface area contributed by atoms with E-state index < -0.39 is 17.5 Å². The maximum atomic E-state index is 13.9. The topological polar surface area (TPSA) is 73.0 Å². The Labute approximate surface area is 182 Å². The molecule has 2 aromatic heterocycles. The highest BCUT2D eigenvalue weighted by Gasteiger charge is 2.19. The van der Waals surface area contributed by atoms with Crippen molar-refractivity contribution in [3.8, 4) is 11.6 Å². The van der Waals surface area contributed by atoms with Crippen LogP contribution in [0.4, 0.5) is 14.5 Å². The van der Waals surface area contributed by atoms with E-state index in [0.717, 1.165) is 28.8 Å². The molecule has 6 nitrogen and oxygen atoms in total. The molecule has 1 N–H and O–H groups in total. The summed E-state index contributed by atoms with van der Waals surface area (Å²) in [4.78, 5) is 12.3. The first-order valence-electron chi connectivity index (χ1n) is 8.95. The quantitative estimate of drug-likeness (QED) is 0.360. The van der Waals surface area contributed by atoms with Crippen LogP contribution in [0.1, 0.15) is 6.92 Å². The van der Waals surface area contributed by atoms with Crippen LogP contribution in [0.2, 0.25) is 0 Å². The number of carbonyl (C=O) groups is 1. The molecule has 0 atom stereocenters. The predicted octanol–water partition coefficient (Wildman–Crippen LogP) is 5.48. The minimum atomic E-state index is -0.857. The monoisotopic (exact) mass is 492 g/mol. The first-order valence-corrected chi connectivity index (χ1v) is 10.7. The zero-order valence-electron chi connectivity index (χ0n) is 15.7. The van der Waals surface area contributed by atoms with Gasteiger partial charge in [0.15, 0.2) is 16.7 Å². The number of amides is 1. The molecule has 0 aliphatic rings. The van der Waals surface area contributed by atoms with Crippen molar-refractivity contribution in [1.82, 2.24) is 14.8 Å². The molecule has 4 rings (SSSR count). The number of para-hydroxylation sites is 1. The molecule has 4 aromatic rings.